The van der Waals surface area contributed by atoms with E-state index in [-0.39, 0.29) is 6.42 Å². The molecule has 15 heavy (non-hydrogen) atoms. The van der Waals surface area contributed by atoms with Gasteiger partial charge in [-0.2, -0.15) is 0 Å². The molecule has 0 aliphatic rings. The van der Waals surface area contributed by atoms with Gasteiger partial charge in [-0.25, -0.2) is 0 Å². The molecule has 0 amide bonds. The van der Waals surface area contributed by atoms with Crippen LogP contribution in [-0.4, -0.2) is 26.5 Å². The zero-order chi connectivity index (χ0) is 10.7. The molecule has 0 fully saturated rings. The third kappa shape index (κ3) is 2.19. The molecule has 0 N–H and O–H groups in total. The summed E-state index contributed by atoms with van der Waals surface area (Å²) in [7, 11) is 0. The lowest BCUT2D eigenvalue weighted by Gasteiger charge is -1.97. The molecule has 1 aromatic heterocycles. The summed E-state index contributed by atoms with van der Waals surface area (Å²) < 4.78 is 0. The second-order valence-corrected chi connectivity index (χ2v) is 3.28. The number of hydrogen-bond acceptors (Lipinski definition) is 4. The minimum Gasteiger partial charge on any atom is -0.303 e. The van der Waals surface area contributed by atoms with Crippen molar-refractivity contribution >= 4 is 17.9 Å². The number of carbonyl (C=O) groups excluding carboxylic acids is 1. The predicted octanol–water partition coefficient (Wildman–Crippen LogP) is 1.06. The summed E-state index contributed by atoms with van der Waals surface area (Å²) in [5.74, 6) is 0.393. The van der Waals surface area contributed by atoms with Crippen LogP contribution < -0.4 is 0 Å². The van der Waals surface area contributed by atoms with Gasteiger partial charge < -0.3 is 4.79 Å². The highest BCUT2D eigenvalue weighted by molar-refractivity contribution is 6.30. The zero-order valence-electron chi connectivity index (χ0n) is 7.67. The first-order valence-corrected chi connectivity index (χ1v) is 4.66. The average Bonchev–Trinajstić information content (AvgIpc) is 2.67. The summed E-state index contributed by atoms with van der Waals surface area (Å²) in [6.45, 7) is 0. The molecule has 0 saturated carbocycles. The van der Waals surface area contributed by atoms with E-state index in [1.165, 1.54) is 4.80 Å². The lowest BCUT2D eigenvalue weighted by molar-refractivity contribution is -0.107. The Morgan fingerprint density at radius 1 is 1.47 bits per heavy atom. The van der Waals surface area contributed by atoms with Crippen molar-refractivity contribution in [1.82, 2.24) is 20.2 Å². The molecule has 76 valence electrons. The molecule has 5 nitrogen and oxygen atoms in total. The largest absolute Gasteiger partial charge is 0.303 e. The second kappa shape index (κ2) is 4.18. The van der Waals surface area contributed by atoms with Crippen molar-refractivity contribution in [1.29, 1.82) is 0 Å². The van der Waals surface area contributed by atoms with E-state index in [9.17, 15) is 4.79 Å². The maximum atomic E-state index is 10.2. The van der Waals surface area contributed by atoms with Gasteiger partial charge in [-0.1, -0.05) is 17.7 Å². The van der Waals surface area contributed by atoms with E-state index in [0.717, 1.165) is 6.29 Å². The minimum atomic E-state index is 0.167. The molecule has 1 heterocycles. The maximum Gasteiger partial charge on any atom is 0.182 e. The highest BCUT2D eigenvalue weighted by Crippen LogP contribution is 2.12. The first-order valence-electron chi connectivity index (χ1n) is 4.28. The highest BCUT2D eigenvalue weighted by atomic mass is 35.5. The number of nitrogens with zero attached hydrogens (tertiary/aromatic N) is 4. The molecule has 0 radical (unpaired) electrons. The van der Waals surface area contributed by atoms with Crippen molar-refractivity contribution in [2.24, 2.45) is 0 Å². The summed E-state index contributed by atoms with van der Waals surface area (Å²) in [5, 5.41) is 12.1. The van der Waals surface area contributed by atoms with Gasteiger partial charge in [0.25, 0.3) is 0 Å². The Kier molecular flexibility index (Phi) is 2.73. The lowest BCUT2D eigenvalue weighted by Crippen LogP contribution is -1.99. The standard InChI is InChI=1S/C9H7ClN4O/c10-7-2-1-3-8(6-7)14-12-9(4-5-15)11-13-14/h1-3,5-6H,4H2. The molecular formula is C9H7ClN4O. The van der Waals surface area contributed by atoms with Gasteiger partial charge in [0.15, 0.2) is 5.82 Å². The van der Waals surface area contributed by atoms with Crippen molar-refractivity contribution in [3.05, 3.63) is 35.1 Å². The Morgan fingerprint density at radius 2 is 2.33 bits per heavy atom. The second-order valence-electron chi connectivity index (χ2n) is 2.85. The first kappa shape index (κ1) is 9.79. The summed E-state index contributed by atoms with van der Waals surface area (Å²) in [4.78, 5) is 11.6. The third-order valence-corrected chi connectivity index (χ3v) is 2.00. The number of rotatable bonds is 3. The van der Waals surface area contributed by atoms with Crippen LogP contribution in [0, 0.1) is 0 Å². The molecule has 0 aliphatic carbocycles. The number of aldehydes is 1. The van der Waals surface area contributed by atoms with E-state index in [4.69, 9.17) is 11.6 Å². The fraction of sp³-hybridized carbons (Fsp3) is 0.111. The Morgan fingerprint density at radius 3 is 3.07 bits per heavy atom. The summed E-state index contributed by atoms with van der Waals surface area (Å²) >= 11 is 5.82. The van der Waals surface area contributed by atoms with Gasteiger partial charge in [-0.3, -0.25) is 0 Å². The number of carbonyl (C=O) groups is 1. The van der Waals surface area contributed by atoms with Crippen LogP contribution in [0.1, 0.15) is 5.82 Å². The van der Waals surface area contributed by atoms with Crippen molar-refractivity contribution in [3.8, 4) is 5.69 Å². The zero-order valence-corrected chi connectivity index (χ0v) is 8.42. The average molecular weight is 223 g/mol. The molecule has 0 spiro atoms. The molecule has 2 aromatic rings. The number of aromatic nitrogens is 4. The Labute approximate surface area is 90.7 Å². The predicted molar refractivity (Wildman–Crippen MR) is 53.9 cm³/mol. The number of tetrazole rings is 1. The van der Waals surface area contributed by atoms with Crippen LogP contribution in [0.25, 0.3) is 5.69 Å². The van der Waals surface area contributed by atoms with Crippen LogP contribution >= 0.6 is 11.6 Å². The van der Waals surface area contributed by atoms with Gasteiger partial charge in [-0.15, -0.1) is 15.0 Å². The van der Waals surface area contributed by atoms with Gasteiger partial charge in [-0.05, 0) is 23.4 Å². The van der Waals surface area contributed by atoms with E-state index in [1.54, 1.807) is 24.3 Å². The molecule has 2 rings (SSSR count). The smallest absolute Gasteiger partial charge is 0.182 e. The van der Waals surface area contributed by atoms with Crippen LogP contribution in [0.15, 0.2) is 24.3 Å². The van der Waals surface area contributed by atoms with Gasteiger partial charge in [0.2, 0.25) is 0 Å². The van der Waals surface area contributed by atoms with Gasteiger partial charge in [0, 0.05) is 5.02 Å². The fourth-order valence-corrected chi connectivity index (χ4v) is 1.29. The van der Waals surface area contributed by atoms with Crippen LogP contribution in [0.2, 0.25) is 5.02 Å². The van der Waals surface area contributed by atoms with Crippen molar-refractivity contribution in [2.45, 2.75) is 6.42 Å². The van der Waals surface area contributed by atoms with Crippen LogP contribution in [0.4, 0.5) is 0 Å². The van der Waals surface area contributed by atoms with E-state index in [0.29, 0.717) is 16.5 Å². The fourth-order valence-electron chi connectivity index (χ4n) is 1.11. The summed E-state index contributed by atoms with van der Waals surface area (Å²) in [6, 6.07) is 7.07. The van der Waals surface area contributed by atoms with Gasteiger partial charge in [0.1, 0.15) is 6.29 Å². The van der Waals surface area contributed by atoms with E-state index in [1.807, 2.05) is 0 Å². The number of halogens is 1. The third-order valence-electron chi connectivity index (χ3n) is 1.76. The summed E-state index contributed by atoms with van der Waals surface area (Å²) in [5.41, 5.74) is 0.715. The molecule has 0 unspecified atom stereocenters. The Bertz CT molecular complexity index is 482. The molecule has 0 saturated heterocycles. The molecule has 0 atom stereocenters. The minimum absolute atomic E-state index is 0.167. The SMILES string of the molecule is O=CCc1nnn(-c2cccc(Cl)c2)n1. The Balaban J connectivity index is 2.32. The van der Waals surface area contributed by atoms with Gasteiger partial charge in [0.05, 0.1) is 12.1 Å². The summed E-state index contributed by atoms with van der Waals surface area (Å²) in [6.07, 6.45) is 0.903. The van der Waals surface area contributed by atoms with E-state index >= 15 is 0 Å². The molecule has 0 aliphatic heterocycles. The van der Waals surface area contributed by atoms with Crippen molar-refractivity contribution in [3.63, 3.8) is 0 Å². The lowest BCUT2D eigenvalue weighted by atomic mass is 10.3. The van der Waals surface area contributed by atoms with Gasteiger partial charge >= 0.3 is 0 Å². The van der Waals surface area contributed by atoms with Crippen LogP contribution in [0.5, 0.6) is 0 Å². The quantitative estimate of drug-likeness (QED) is 0.729. The molecule has 6 heteroatoms. The number of benzene rings is 1. The van der Waals surface area contributed by atoms with E-state index < -0.39 is 0 Å². The number of hydrogen-bond donors (Lipinski definition) is 0. The molecular weight excluding hydrogens is 216 g/mol. The highest BCUT2D eigenvalue weighted by Gasteiger charge is 2.03. The Hall–Kier alpha value is -1.75. The maximum absolute atomic E-state index is 10.2. The van der Waals surface area contributed by atoms with Crippen molar-refractivity contribution in [2.75, 3.05) is 0 Å². The van der Waals surface area contributed by atoms with E-state index in [2.05, 4.69) is 15.4 Å². The molecule has 0 bridgehead atoms. The normalized spacial score (nSPS) is 10.2. The molecule has 1 aromatic carbocycles. The first-order chi connectivity index (χ1) is 7.29. The monoisotopic (exact) mass is 222 g/mol. The van der Waals surface area contributed by atoms with Crippen LogP contribution in [0.3, 0.4) is 0 Å². The van der Waals surface area contributed by atoms with Crippen molar-refractivity contribution < 1.29 is 4.79 Å². The van der Waals surface area contributed by atoms with Crippen LogP contribution in [-0.2, 0) is 11.2 Å². The topological polar surface area (TPSA) is 60.7 Å².